The predicted molar refractivity (Wildman–Crippen MR) is 48.3 cm³/mol. The van der Waals surface area contributed by atoms with Crippen molar-refractivity contribution in [3.8, 4) is 0 Å². The van der Waals surface area contributed by atoms with Crippen molar-refractivity contribution in [3.63, 3.8) is 0 Å². The van der Waals surface area contributed by atoms with Gasteiger partial charge in [0, 0.05) is 7.05 Å². The number of sulfonamides is 1. The minimum atomic E-state index is -3.61. The average Bonchev–Trinajstić information content (AvgIpc) is 2.04. The Morgan fingerprint density at radius 2 is 1.77 bits per heavy atom. The molecule has 0 aliphatic heterocycles. The van der Waals surface area contributed by atoms with E-state index in [1.165, 1.54) is 31.3 Å². The van der Waals surface area contributed by atoms with Gasteiger partial charge in [0.25, 0.3) is 0 Å². The molecule has 1 aromatic carbocycles. The molecule has 0 aliphatic carbocycles. The number of benzene rings is 1. The highest BCUT2D eigenvalue weighted by Crippen LogP contribution is 2.15. The molecule has 0 saturated carbocycles. The lowest BCUT2D eigenvalue weighted by Crippen LogP contribution is -2.11. The van der Waals surface area contributed by atoms with Crippen LogP contribution in [0, 0.1) is 0 Å². The molecule has 70 valence electrons. The summed E-state index contributed by atoms with van der Waals surface area (Å²) in [7, 11) is -2.07. The molecule has 5 nitrogen and oxygen atoms in total. The summed E-state index contributed by atoms with van der Waals surface area (Å²) in [5, 5.41) is 12.2. The number of rotatable bonds is 2. The molecule has 1 rings (SSSR count). The van der Waals surface area contributed by atoms with Crippen LogP contribution in [0.15, 0.2) is 39.4 Å². The van der Waals surface area contributed by atoms with E-state index in [0.29, 0.717) is 5.69 Å². The maximum atomic E-state index is 10.8. The predicted octanol–water partition coefficient (Wildman–Crippen LogP) is 1.05. The van der Waals surface area contributed by atoms with Gasteiger partial charge in [-0.1, -0.05) is 0 Å². The van der Waals surface area contributed by atoms with Crippen LogP contribution in [0.3, 0.4) is 0 Å². The minimum Gasteiger partial charge on any atom is -0.225 e. The Labute approximate surface area is 76.3 Å². The molecule has 0 aromatic heterocycles. The van der Waals surface area contributed by atoms with Crippen molar-refractivity contribution in [3.05, 3.63) is 24.3 Å². The van der Waals surface area contributed by atoms with Crippen LogP contribution in [0.25, 0.3) is 0 Å². The second-order valence-electron chi connectivity index (χ2n) is 2.34. The Kier molecular flexibility index (Phi) is 2.74. The summed E-state index contributed by atoms with van der Waals surface area (Å²) < 4.78 is 21.7. The molecule has 0 spiro atoms. The van der Waals surface area contributed by atoms with E-state index >= 15 is 0 Å². The van der Waals surface area contributed by atoms with Crippen LogP contribution < -0.4 is 5.14 Å². The van der Waals surface area contributed by atoms with E-state index in [9.17, 15) is 8.42 Å². The van der Waals surface area contributed by atoms with Crippen LogP contribution in [0.4, 0.5) is 5.69 Å². The number of hydrogen-bond donors (Lipinski definition) is 1. The van der Waals surface area contributed by atoms with Gasteiger partial charge in [0.1, 0.15) is 0 Å². The maximum absolute atomic E-state index is 10.8. The molecular weight excluding hydrogens is 190 g/mol. The standard InChI is InChI=1S/C7H9N3O2S/c1-9-10-6-2-4-7(5-3-6)13(8,11)12/h2-5H,1H3,(H2,8,11,12). The first kappa shape index (κ1) is 9.82. The quantitative estimate of drug-likeness (QED) is 0.722. The largest absolute Gasteiger partial charge is 0.238 e. The third-order valence-electron chi connectivity index (χ3n) is 1.38. The molecule has 0 aliphatic rings. The molecule has 6 heteroatoms. The van der Waals surface area contributed by atoms with E-state index in [4.69, 9.17) is 5.14 Å². The van der Waals surface area contributed by atoms with Gasteiger partial charge >= 0.3 is 0 Å². The Morgan fingerprint density at radius 3 is 2.15 bits per heavy atom. The van der Waals surface area contributed by atoms with Gasteiger partial charge in [0.15, 0.2) is 0 Å². The SMILES string of the molecule is CN=Nc1ccc(S(N)(=O)=O)cc1. The van der Waals surface area contributed by atoms with Crippen LogP contribution in [0.2, 0.25) is 0 Å². The molecule has 0 saturated heterocycles. The highest BCUT2D eigenvalue weighted by Gasteiger charge is 2.05. The van der Waals surface area contributed by atoms with Crippen LogP contribution >= 0.6 is 0 Å². The molecule has 13 heavy (non-hydrogen) atoms. The molecule has 0 heterocycles. The molecule has 0 unspecified atom stereocenters. The van der Waals surface area contributed by atoms with Gasteiger partial charge < -0.3 is 0 Å². The first-order valence-corrected chi connectivity index (χ1v) is 5.01. The van der Waals surface area contributed by atoms with Crippen molar-refractivity contribution < 1.29 is 8.42 Å². The molecule has 2 N–H and O–H groups in total. The number of primary sulfonamides is 1. The zero-order chi connectivity index (χ0) is 9.90. The van der Waals surface area contributed by atoms with Crippen LogP contribution in [0.1, 0.15) is 0 Å². The lowest BCUT2D eigenvalue weighted by Gasteiger charge is -1.96. The average molecular weight is 199 g/mol. The Balaban J connectivity index is 3.08. The van der Waals surface area contributed by atoms with Gasteiger partial charge in [0.05, 0.1) is 10.6 Å². The maximum Gasteiger partial charge on any atom is 0.238 e. The van der Waals surface area contributed by atoms with Crippen molar-refractivity contribution in [2.24, 2.45) is 15.4 Å². The van der Waals surface area contributed by atoms with Gasteiger partial charge in [-0.25, -0.2) is 13.6 Å². The van der Waals surface area contributed by atoms with E-state index < -0.39 is 10.0 Å². The van der Waals surface area contributed by atoms with Gasteiger partial charge in [-0.15, -0.1) is 0 Å². The summed E-state index contributed by atoms with van der Waals surface area (Å²) in [5.74, 6) is 0. The van der Waals surface area contributed by atoms with Crippen molar-refractivity contribution in [2.75, 3.05) is 7.05 Å². The van der Waals surface area contributed by atoms with Gasteiger partial charge in [-0.2, -0.15) is 10.2 Å². The molecule has 0 atom stereocenters. The summed E-state index contributed by atoms with van der Waals surface area (Å²) in [4.78, 5) is 0.0718. The van der Waals surface area contributed by atoms with Crippen molar-refractivity contribution in [2.45, 2.75) is 4.90 Å². The van der Waals surface area contributed by atoms with E-state index in [2.05, 4.69) is 10.2 Å². The molecular formula is C7H9N3O2S. The Morgan fingerprint density at radius 1 is 1.23 bits per heavy atom. The highest BCUT2D eigenvalue weighted by molar-refractivity contribution is 7.89. The molecule has 0 bridgehead atoms. The van der Waals surface area contributed by atoms with E-state index in [1.807, 2.05) is 0 Å². The van der Waals surface area contributed by atoms with Gasteiger partial charge in [-0.3, -0.25) is 0 Å². The topological polar surface area (TPSA) is 84.9 Å². The molecule has 1 aromatic rings. The normalized spacial score (nSPS) is 12.2. The molecule has 0 radical (unpaired) electrons. The number of nitrogens with zero attached hydrogens (tertiary/aromatic N) is 2. The first-order chi connectivity index (χ1) is 6.04. The van der Waals surface area contributed by atoms with Crippen molar-refractivity contribution >= 4 is 15.7 Å². The monoisotopic (exact) mass is 199 g/mol. The van der Waals surface area contributed by atoms with Gasteiger partial charge in [-0.05, 0) is 24.3 Å². The van der Waals surface area contributed by atoms with Crippen molar-refractivity contribution in [1.82, 2.24) is 0 Å². The van der Waals surface area contributed by atoms with Crippen molar-refractivity contribution in [1.29, 1.82) is 0 Å². The fourth-order valence-electron chi connectivity index (χ4n) is 0.818. The first-order valence-electron chi connectivity index (χ1n) is 3.47. The highest BCUT2D eigenvalue weighted by atomic mass is 32.2. The summed E-state index contributed by atoms with van der Waals surface area (Å²) >= 11 is 0. The number of azo groups is 1. The summed E-state index contributed by atoms with van der Waals surface area (Å²) in [6.45, 7) is 0. The Bertz CT molecular complexity index is 408. The lowest BCUT2D eigenvalue weighted by atomic mass is 10.3. The lowest BCUT2D eigenvalue weighted by molar-refractivity contribution is 0.598. The second-order valence-corrected chi connectivity index (χ2v) is 3.90. The zero-order valence-corrected chi connectivity index (χ0v) is 7.82. The third-order valence-corrected chi connectivity index (χ3v) is 2.31. The number of hydrogen-bond acceptors (Lipinski definition) is 4. The van der Waals surface area contributed by atoms with E-state index in [1.54, 1.807) is 0 Å². The number of nitrogens with two attached hydrogens (primary N) is 1. The third kappa shape index (κ3) is 2.60. The van der Waals surface area contributed by atoms with Gasteiger partial charge in [0.2, 0.25) is 10.0 Å². The summed E-state index contributed by atoms with van der Waals surface area (Å²) in [6, 6.07) is 5.85. The smallest absolute Gasteiger partial charge is 0.225 e. The molecule has 0 amide bonds. The summed E-state index contributed by atoms with van der Waals surface area (Å²) in [6.07, 6.45) is 0. The Hall–Kier alpha value is -1.27. The minimum absolute atomic E-state index is 0.0718. The molecule has 0 fully saturated rings. The van der Waals surface area contributed by atoms with E-state index in [0.717, 1.165) is 0 Å². The van der Waals surface area contributed by atoms with Crippen LogP contribution in [-0.4, -0.2) is 15.5 Å². The fraction of sp³-hybridized carbons (Fsp3) is 0.143. The summed E-state index contributed by atoms with van der Waals surface area (Å²) in [5.41, 5.74) is 0.593. The second kappa shape index (κ2) is 3.63. The zero-order valence-electron chi connectivity index (χ0n) is 7.01. The fourth-order valence-corrected chi connectivity index (χ4v) is 1.33. The van der Waals surface area contributed by atoms with Crippen LogP contribution in [0.5, 0.6) is 0 Å². The van der Waals surface area contributed by atoms with E-state index in [-0.39, 0.29) is 4.90 Å². The van der Waals surface area contributed by atoms with Crippen LogP contribution in [-0.2, 0) is 10.0 Å².